The van der Waals surface area contributed by atoms with Gasteiger partial charge in [-0.2, -0.15) is 4.98 Å². The maximum Gasteiger partial charge on any atom is 0.250 e. The molecule has 1 aliphatic rings. The monoisotopic (exact) mass is 425 g/mol. The smallest absolute Gasteiger partial charge is 0.250 e. The number of rotatable bonds is 5. The van der Waals surface area contributed by atoms with Crippen LogP contribution in [0.1, 0.15) is 43.5 Å². The first kappa shape index (κ1) is 20.2. The second-order valence-electron chi connectivity index (χ2n) is 7.62. The maximum absolute atomic E-state index is 12.1. The molecule has 0 aliphatic carbocycles. The highest BCUT2D eigenvalue weighted by molar-refractivity contribution is 6.30. The Labute approximate surface area is 180 Å². The highest BCUT2D eigenvalue weighted by Crippen LogP contribution is 2.38. The van der Waals surface area contributed by atoms with Crippen molar-refractivity contribution in [1.29, 1.82) is 0 Å². The molecule has 4 rings (SSSR count). The van der Waals surface area contributed by atoms with Gasteiger partial charge in [-0.15, -0.1) is 5.10 Å². The van der Waals surface area contributed by atoms with Crippen molar-refractivity contribution < 1.29 is 9.53 Å². The molecule has 1 amide bonds. The lowest BCUT2D eigenvalue weighted by atomic mass is 9.93. The average Bonchev–Trinajstić information content (AvgIpc) is 3.16. The zero-order valence-electron chi connectivity index (χ0n) is 17.1. The van der Waals surface area contributed by atoms with Crippen molar-refractivity contribution in [2.75, 3.05) is 17.7 Å². The molecular formula is C22H24ClN5O2. The molecule has 0 spiro atoms. The normalized spacial score (nSPS) is 17.9. The van der Waals surface area contributed by atoms with Crippen LogP contribution in [0, 0.1) is 5.92 Å². The predicted molar refractivity (Wildman–Crippen MR) is 117 cm³/mol. The van der Waals surface area contributed by atoms with E-state index in [1.807, 2.05) is 67.1 Å². The van der Waals surface area contributed by atoms with Gasteiger partial charge in [-0.05, 0) is 41.8 Å². The lowest BCUT2D eigenvalue weighted by molar-refractivity contribution is -0.118. The van der Waals surface area contributed by atoms with Gasteiger partial charge in [0.25, 0.3) is 5.95 Å². The van der Waals surface area contributed by atoms with Crippen LogP contribution in [0.2, 0.25) is 5.02 Å². The summed E-state index contributed by atoms with van der Waals surface area (Å²) in [4.78, 5) is 16.6. The van der Waals surface area contributed by atoms with E-state index in [-0.39, 0.29) is 23.9 Å². The minimum absolute atomic E-state index is 0.0296. The maximum atomic E-state index is 12.1. The number of hydrogen-bond donors (Lipinski definition) is 2. The number of nitrogens with one attached hydrogen (secondary N) is 2. The number of hydrogen-bond acceptors (Lipinski definition) is 5. The minimum Gasteiger partial charge on any atom is -0.497 e. The zero-order chi connectivity index (χ0) is 21.3. The summed E-state index contributed by atoms with van der Waals surface area (Å²) in [6.45, 7) is 3.67. The summed E-state index contributed by atoms with van der Waals surface area (Å²) in [6, 6.07) is 15.7. The molecule has 0 saturated carbocycles. The van der Waals surface area contributed by atoms with Crippen LogP contribution in [-0.2, 0) is 4.79 Å². The van der Waals surface area contributed by atoms with Crippen molar-refractivity contribution in [3.63, 3.8) is 0 Å². The van der Waals surface area contributed by atoms with Crippen LogP contribution in [0.5, 0.6) is 5.75 Å². The molecule has 7 nitrogen and oxygen atoms in total. The molecule has 3 aromatic rings. The topological polar surface area (TPSA) is 81.1 Å². The molecule has 0 bridgehead atoms. The second kappa shape index (κ2) is 8.36. The Kier molecular flexibility index (Phi) is 5.63. The van der Waals surface area contributed by atoms with Gasteiger partial charge in [0.15, 0.2) is 0 Å². The van der Waals surface area contributed by atoms with Gasteiger partial charge in [0, 0.05) is 10.9 Å². The molecule has 0 saturated heterocycles. The van der Waals surface area contributed by atoms with E-state index in [2.05, 4.69) is 20.7 Å². The number of amides is 1. The largest absolute Gasteiger partial charge is 0.497 e. The number of benzene rings is 2. The highest BCUT2D eigenvalue weighted by atomic mass is 35.5. The van der Waals surface area contributed by atoms with E-state index in [1.165, 1.54) is 0 Å². The van der Waals surface area contributed by atoms with Crippen molar-refractivity contribution in [2.45, 2.75) is 32.4 Å². The zero-order valence-corrected chi connectivity index (χ0v) is 17.8. The number of fused-ring (bicyclic) bond motifs is 1. The summed E-state index contributed by atoms with van der Waals surface area (Å²) in [5.41, 5.74) is 2.20. The number of aromatic nitrogens is 3. The summed E-state index contributed by atoms with van der Waals surface area (Å²) >= 11 is 6.09. The molecule has 0 radical (unpaired) electrons. The third-order valence-corrected chi connectivity index (χ3v) is 5.47. The predicted octanol–water partition coefficient (Wildman–Crippen LogP) is 4.68. The van der Waals surface area contributed by atoms with Crippen LogP contribution >= 0.6 is 11.6 Å². The van der Waals surface area contributed by atoms with Gasteiger partial charge in [0.2, 0.25) is 11.9 Å². The molecule has 0 unspecified atom stereocenters. The van der Waals surface area contributed by atoms with Crippen molar-refractivity contribution in [1.82, 2.24) is 14.8 Å². The first-order valence-electron chi connectivity index (χ1n) is 9.88. The van der Waals surface area contributed by atoms with Crippen molar-refractivity contribution in [2.24, 2.45) is 5.92 Å². The van der Waals surface area contributed by atoms with Gasteiger partial charge in [-0.3, -0.25) is 10.1 Å². The van der Waals surface area contributed by atoms with Gasteiger partial charge in [-0.25, -0.2) is 4.68 Å². The van der Waals surface area contributed by atoms with E-state index in [0.29, 0.717) is 16.9 Å². The molecule has 2 atom stereocenters. The molecule has 2 heterocycles. The first-order chi connectivity index (χ1) is 14.4. The molecule has 156 valence electrons. The van der Waals surface area contributed by atoms with E-state index in [4.69, 9.17) is 16.3 Å². The number of ether oxygens (including phenoxy) is 1. The molecule has 1 aromatic heterocycles. The van der Waals surface area contributed by atoms with E-state index >= 15 is 0 Å². The summed E-state index contributed by atoms with van der Waals surface area (Å²) < 4.78 is 7.11. The summed E-state index contributed by atoms with van der Waals surface area (Å²) in [5.74, 6) is 1.45. The molecule has 1 aliphatic heterocycles. The van der Waals surface area contributed by atoms with E-state index in [9.17, 15) is 4.79 Å². The van der Waals surface area contributed by atoms with Gasteiger partial charge in [0.05, 0.1) is 19.2 Å². The van der Waals surface area contributed by atoms with E-state index < -0.39 is 0 Å². The number of carbonyl (C=O) groups is 1. The molecule has 30 heavy (non-hydrogen) atoms. The molecular weight excluding hydrogens is 402 g/mol. The molecule has 8 heteroatoms. The Balaban J connectivity index is 1.69. The fourth-order valence-corrected chi connectivity index (χ4v) is 3.63. The minimum atomic E-state index is -0.155. The van der Waals surface area contributed by atoms with Gasteiger partial charge in [-0.1, -0.05) is 49.7 Å². The Morgan fingerprint density at radius 3 is 2.47 bits per heavy atom. The van der Waals surface area contributed by atoms with Gasteiger partial charge in [0.1, 0.15) is 5.75 Å². The lowest BCUT2D eigenvalue weighted by Gasteiger charge is -2.31. The number of nitrogens with zero attached hydrogens (tertiary/aromatic N) is 3. The van der Waals surface area contributed by atoms with Crippen LogP contribution in [0.4, 0.5) is 11.9 Å². The standard InChI is InChI=1S/C22H24ClN5O2/c1-13(2)20(29)25-21-26-22-24-18(14-6-10-17(30-3)11-7-14)12-19(28(22)27-21)15-4-8-16(23)9-5-15/h4-11,13,18-19H,12H2,1-3H3,(H2,24,25,26,27,29)/t18-,19+/m0/s1. The Morgan fingerprint density at radius 2 is 1.83 bits per heavy atom. The number of carbonyl (C=O) groups excluding carboxylic acids is 1. The second-order valence-corrected chi connectivity index (χ2v) is 8.06. The Morgan fingerprint density at radius 1 is 1.17 bits per heavy atom. The van der Waals surface area contributed by atoms with E-state index in [0.717, 1.165) is 23.3 Å². The fraction of sp³-hybridized carbons (Fsp3) is 0.318. The van der Waals surface area contributed by atoms with Crippen molar-refractivity contribution in [3.8, 4) is 5.75 Å². The number of halogens is 1. The van der Waals surface area contributed by atoms with Crippen LogP contribution < -0.4 is 15.4 Å². The highest BCUT2D eigenvalue weighted by Gasteiger charge is 2.31. The quantitative estimate of drug-likeness (QED) is 0.620. The van der Waals surface area contributed by atoms with Crippen LogP contribution in [0.25, 0.3) is 0 Å². The Hall–Kier alpha value is -3.06. The summed E-state index contributed by atoms with van der Waals surface area (Å²) in [5, 5.41) is 11.5. The average molecular weight is 426 g/mol. The van der Waals surface area contributed by atoms with Crippen LogP contribution in [0.3, 0.4) is 0 Å². The first-order valence-corrected chi connectivity index (χ1v) is 10.3. The van der Waals surface area contributed by atoms with E-state index in [1.54, 1.807) is 7.11 Å². The lowest BCUT2D eigenvalue weighted by Crippen LogP contribution is -2.28. The molecule has 0 fully saturated rings. The van der Waals surface area contributed by atoms with Crippen molar-refractivity contribution in [3.05, 3.63) is 64.7 Å². The fourth-order valence-electron chi connectivity index (χ4n) is 3.50. The summed E-state index contributed by atoms with van der Waals surface area (Å²) in [6.07, 6.45) is 0.766. The Bertz CT molecular complexity index is 1030. The summed E-state index contributed by atoms with van der Waals surface area (Å²) in [7, 11) is 1.65. The number of anilines is 2. The van der Waals surface area contributed by atoms with Gasteiger partial charge < -0.3 is 10.1 Å². The van der Waals surface area contributed by atoms with Crippen LogP contribution in [0.15, 0.2) is 48.5 Å². The third-order valence-electron chi connectivity index (χ3n) is 5.22. The molecule has 2 N–H and O–H groups in total. The number of methoxy groups -OCH3 is 1. The van der Waals surface area contributed by atoms with Gasteiger partial charge >= 0.3 is 0 Å². The third kappa shape index (κ3) is 4.11. The van der Waals surface area contributed by atoms with Crippen molar-refractivity contribution >= 4 is 29.4 Å². The van der Waals surface area contributed by atoms with Crippen LogP contribution in [-0.4, -0.2) is 27.8 Å². The molecule has 2 aromatic carbocycles. The SMILES string of the molecule is COc1ccc([C@@H]2C[C@H](c3ccc(Cl)cc3)n3nc(NC(=O)C(C)C)nc3N2)cc1.